The molecule has 0 spiro atoms. The van der Waals surface area contributed by atoms with Crippen LogP contribution in [0.4, 0.5) is 18.9 Å². The van der Waals surface area contributed by atoms with E-state index in [2.05, 4.69) is 10.4 Å². The first-order chi connectivity index (χ1) is 14.5. The number of anilines is 1. The van der Waals surface area contributed by atoms with Crippen LogP contribution < -0.4 is 10.1 Å². The minimum Gasteiger partial charge on any atom is -0.491 e. The fourth-order valence-corrected chi connectivity index (χ4v) is 5.02. The molecule has 1 atom stereocenters. The van der Waals surface area contributed by atoms with E-state index >= 15 is 0 Å². The largest absolute Gasteiger partial charge is 0.491 e. The zero-order valence-electron chi connectivity index (χ0n) is 16.7. The molecule has 0 radical (unpaired) electrons. The molecule has 0 bridgehead atoms. The molecule has 2 heterocycles. The zero-order valence-corrected chi connectivity index (χ0v) is 17.6. The maximum Gasteiger partial charge on any atom is 0.416 e. The summed E-state index contributed by atoms with van der Waals surface area (Å²) in [7, 11) is -3.27. The molecule has 2 aliphatic heterocycles. The van der Waals surface area contributed by atoms with E-state index < -0.39 is 39.4 Å². The first kappa shape index (κ1) is 23.0. The van der Waals surface area contributed by atoms with Gasteiger partial charge in [-0.3, -0.25) is 9.59 Å². The van der Waals surface area contributed by atoms with Crippen LogP contribution in [0.2, 0.25) is 0 Å². The standard InChI is InChI=1S/C19H22F3N3O5S/c1-2-8-30-16-5-3-12(19(20,21)22)10-15(16)23-18(27)14-4-6-17(26)25(24-14)13-7-9-31(28,29)11-13/h3,5,10,13H,2,4,6-9,11H2,1H3,(H,23,27)/t13-/m1/s1. The minimum absolute atomic E-state index is 0.00918. The number of hydrogen-bond acceptors (Lipinski definition) is 6. The summed E-state index contributed by atoms with van der Waals surface area (Å²) in [6.07, 6.45) is -3.84. The molecule has 1 fully saturated rings. The highest BCUT2D eigenvalue weighted by molar-refractivity contribution is 7.91. The lowest BCUT2D eigenvalue weighted by Gasteiger charge is -2.27. The fraction of sp³-hybridized carbons (Fsp3) is 0.526. The Morgan fingerprint density at radius 2 is 2.06 bits per heavy atom. The smallest absolute Gasteiger partial charge is 0.416 e. The molecule has 1 N–H and O–H groups in total. The van der Waals surface area contributed by atoms with E-state index in [1.54, 1.807) is 0 Å². The molecule has 0 unspecified atom stereocenters. The van der Waals surface area contributed by atoms with Crippen LogP contribution >= 0.6 is 0 Å². The quantitative estimate of drug-likeness (QED) is 0.701. The normalized spacial score (nSPS) is 21.0. The number of nitrogens with zero attached hydrogens (tertiary/aromatic N) is 2. The first-order valence-corrected chi connectivity index (χ1v) is 11.6. The first-order valence-electron chi connectivity index (χ1n) is 9.75. The van der Waals surface area contributed by atoms with Crippen molar-refractivity contribution in [3.8, 4) is 5.75 Å². The number of hydrazone groups is 1. The minimum atomic E-state index is -4.61. The highest BCUT2D eigenvalue weighted by Crippen LogP contribution is 2.35. The molecule has 1 aromatic carbocycles. The van der Waals surface area contributed by atoms with Crippen molar-refractivity contribution in [2.45, 2.75) is 44.8 Å². The Kier molecular flexibility index (Phi) is 6.58. The third-order valence-electron chi connectivity index (χ3n) is 4.89. The van der Waals surface area contributed by atoms with E-state index in [4.69, 9.17) is 4.74 Å². The number of carbonyl (C=O) groups is 2. The Bertz CT molecular complexity index is 1010. The predicted molar refractivity (Wildman–Crippen MR) is 106 cm³/mol. The van der Waals surface area contributed by atoms with E-state index in [1.807, 2.05) is 6.92 Å². The molecule has 3 rings (SSSR count). The molecule has 0 aromatic heterocycles. The summed E-state index contributed by atoms with van der Waals surface area (Å²) in [5.74, 6) is -1.40. The summed E-state index contributed by atoms with van der Waals surface area (Å²) < 4.78 is 68.2. The van der Waals surface area contributed by atoms with Crippen molar-refractivity contribution in [1.82, 2.24) is 5.01 Å². The number of sulfone groups is 1. The number of amides is 2. The van der Waals surface area contributed by atoms with E-state index in [1.165, 1.54) is 0 Å². The van der Waals surface area contributed by atoms with Gasteiger partial charge in [0.15, 0.2) is 9.84 Å². The van der Waals surface area contributed by atoms with Crippen LogP contribution in [0.1, 0.15) is 38.2 Å². The summed E-state index contributed by atoms with van der Waals surface area (Å²) in [6, 6.07) is 2.12. The van der Waals surface area contributed by atoms with Crippen LogP contribution in [-0.2, 0) is 25.6 Å². The highest BCUT2D eigenvalue weighted by Gasteiger charge is 2.37. The maximum atomic E-state index is 13.1. The molecule has 8 nitrogen and oxygen atoms in total. The lowest BCUT2D eigenvalue weighted by Crippen LogP contribution is -2.42. The predicted octanol–water partition coefficient (Wildman–Crippen LogP) is 2.60. The van der Waals surface area contributed by atoms with Gasteiger partial charge in [-0.1, -0.05) is 6.92 Å². The topological polar surface area (TPSA) is 105 Å². The van der Waals surface area contributed by atoms with Gasteiger partial charge in [-0.15, -0.1) is 0 Å². The molecule has 1 saturated heterocycles. The molecule has 1 aromatic rings. The molecule has 2 amide bonds. The van der Waals surface area contributed by atoms with Gasteiger partial charge in [0.1, 0.15) is 11.5 Å². The second-order valence-electron chi connectivity index (χ2n) is 7.35. The molecule has 31 heavy (non-hydrogen) atoms. The van der Waals surface area contributed by atoms with Gasteiger partial charge >= 0.3 is 6.18 Å². The van der Waals surface area contributed by atoms with E-state index in [-0.39, 0.29) is 54.5 Å². The monoisotopic (exact) mass is 461 g/mol. The van der Waals surface area contributed by atoms with Crippen molar-refractivity contribution in [1.29, 1.82) is 0 Å². The zero-order chi connectivity index (χ0) is 22.8. The second kappa shape index (κ2) is 8.85. The van der Waals surface area contributed by atoms with E-state index in [0.717, 1.165) is 23.2 Å². The Labute approximate surface area is 177 Å². The fourth-order valence-electron chi connectivity index (χ4n) is 3.32. The molecule has 0 aliphatic carbocycles. The third kappa shape index (κ3) is 5.54. The van der Waals surface area contributed by atoms with Gasteiger partial charge in [0, 0.05) is 12.8 Å². The summed E-state index contributed by atoms with van der Waals surface area (Å²) in [5, 5.41) is 7.44. The number of rotatable bonds is 6. The number of benzene rings is 1. The van der Waals surface area contributed by atoms with Crippen LogP contribution in [0.15, 0.2) is 23.3 Å². The Hall–Kier alpha value is -2.63. The van der Waals surface area contributed by atoms with Crippen LogP contribution in [0, 0.1) is 0 Å². The molecular weight excluding hydrogens is 439 g/mol. The van der Waals surface area contributed by atoms with Crippen LogP contribution in [0.25, 0.3) is 0 Å². The Morgan fingerprint density at radius 1 is 1.32 bits per heavy atom. The van der Waals surface area contributed by atoms with Crippen molar-refractivity contribution in [2.24, 2.45) is 5.10 Å². The van der Waals surface area contributed by atoms with Crippen molar-refractivity contribution in [3.63, 3.8) is 0 Å². The van der Waals surface area contributed by atoms with Gasteiger partial charge in [-0.2, -0.15) is 18.3 Å². The Balaban J connectivity index is 1.84. The van der Waals surface area contributed by atoms with E-state index in [0.29, 0.717) is 6.42 Å². The van der Waals surface area contributed by atoms with Gasteiger partial charge in [0.25, 0.3) is 5.91 Å². The summed E-state index contributed by atoms with van der Waals surface area (Å²) in [6.45, 7) is 2.07. The maximum absolute atomic E-state index is 13.1. The molecule has 170 valence electrons. The number of nitrogens with one attached hydrogen (secondary N) is 1. The van der Waals surface area contributed by atoms with Crippen LogP contribution in [0.5, 0.6) is 5.75 Å². The average Bonchev–Trinajstić information content (AvgIpc) is 3.06. The number of halogens is 3. The van der Waals surface area contributed by atoms with Crippen molar-refractivity contribution in [2.75, 3.05) is 23.4 Å². The number of alkyl halides is 3. The average molecular weight is 461 g/mol. The SMILES string of the molecule is CCCOc1ccc(C(F)(F)F)cc1NC(=O)C1=NN([C@@H]2CCS(=O)(=O)C2)C(=O)CC1. The lowest BCUT2D eigenvalue weighted by molar-refractivity contribution is -0.137. The molecule has 12 heteroatoms. The Morgan fingerprint density at radius 3 is 2.68 bits per heavy atom. The number of carbonyl (C=O) groups excluding carboxylic acids is 2. The summed E-state index contributed by atoms with van der Waals surface area (Å²) in [5.41, 5.74) is -1.18. The third-order valence-corrected chi connectivity index (χ3v) is 6.64. The van der Waals surface area contributed by atoms with Crippen molar-refractivity contribution < 1.29 is 35.9 Å². The number of ether oxygens (including phenoxy) is 1. The lowest BCUT2D eigenvalue weighted by atomic mass is 10.1. The second-order valence-corrected chi connectivity index (χ2v) is 9.58. The number of hydrogen-bond donors (Lipinski definition) is 1. The molecular formula is C19H22F3N3O5S. The summed E-state index contributed by atoms with van der Waals surface area (Å²) >= 11 is 0. The van der Waals surface area contributed by atoms with Crippen molar-refractivity contribution >= 4 is 33.1 Å². The highest BCUT2D eigenvalue weighted by atomic mass is 32.2. The van der Waals surface area contributed by atoms with Crippen LogP contribution in [-0.4, -0.2) is 55.1 Å². The van der Waals surface area contributed by atoms with Crippen LogP contribution in [0.3, 0.4) is 0 Å². The van der Waals surface area contributed by atoms with Crippen molar-refractivity contribution in [3.05, 3.63) is 23.8 Å². The summed E-state index contributed by atoms with van der Waals surface area (Å²) in [4.78, 5) is 24.9. The van der Waals surface area contributed by atoms with Gasteiger partial charge in [-0.05, 0) is 31.0 Å². The van der Waals surface area contributed by atoms with E-state index in [9.17, 15) is 31.2 Å². The van der Waals surface area contributed by atoms with Gasteiger partial charge in [0.2, 0.25) is 5.91 Å². The molecule has 0 saturated carbocycles. The molecule has 2 aliphatic rings. The van der Waals surface area contributed by atoms with Gasteiger partial charge < -0.3 is 10.1 Å². The van der Waals surface area contributed by atoms with Gasteiger partial charge in [0.05, 0.1) is 35.4 Å². The van der Waals surface area contributed by atoms with Gasteiger partial charge in [-0.25, -0.2) is 13.4 Å².